The molecular weight excluding hydrogens is 157 g/mol. The van der Waals surface area contributed by atoms with Crippen LogP contribution in [-0.4, -0.2) is 17.0 Å². The smallest absolute Gasteiger partial charge is 0.236 e. The highest BCUT2D eigenvalue weighted by molar-refractivity contribution is 5.90. The molecule has 0 saturated heterocycles. The summed E-state index contributed by atoms with van der Waals surface area (Å²) in [5.41, 5.74) is 1.27. The van der Waals surface area contributed by atoms with Crippen molar-refractivity contribution in [2.24, 2.45) is 0 Å². The van der Waals surface area contributed by atoms with E-state index in [1.165, 1.54) is 6.20 Å². The van der Waals surface area contributed by atoms with Crippen LogP contribution >= 0.6 is 0 Å². The first-order valence-electron chi connectivity index (χ1n) is 3.62. The molecule has 4 heteroatoms. The summed E-state index contributed by atoms with van der Waals surface area (Å²) in [6, 6.07) is 1.81. The molecule has 0 spiro atoms. The van der Waals surface area contributed by atoms with Crippen LogP contribution in [-0.2, 0) is 0 Å². The van der Waals surface area contributed by atoms with Gasteiger partial charge in [0.15, 0.2) is 0 Å². The van der Waals surface area contributed by atoms with Crippen LogP contribution in [0.2, 0.25) is 0 Å². The average molecular weight is 165 g/mol. The Morgan fingerprint density at radius 1 is 1.58 bits per heavy atom. The maximum atomic E-state index is 13.0. The summed E-state index contributed by atoms with van der Waals surface area (Å²) in [6.45, 7) is 0. The molecule has 0 aromatic carbocycles. The second-order valence-corrected chi connectivity index (χ2v) is 2.48. The Labute approximate surface area is 68.6 Å². The van der Waals surface area contributed by atoms with E-state index >= 15 is 0 Å². The number of rotatable bonds is 1. The van der Waals surface area contributed by atoms with Crippen LogP contribution in [0.1, 0.15) is 0 Å². The Morgan fingerprint density at radius 3 is 3.17 bits per heavy atom. The first kappa shape index (κ1) is 7.09. The van der Waals surface area contributed by atoms with E-state index in [1.54, 1.807) is 13.2 Å². The molecule has 2 N–H and O–H groups in total. The molecule has 0 aliphatic carbocycles. The van der Waals surface area contributed by atoms with Crippen molar-refractivity contribution < 1.29 is 4.39 Å². The number of aromatic nitrogens is 2. The maximum absolute atomic E-state index is 13.0. The number of hydrogen-bond acceptors (Lipinski definition) is 2. The number of nitrogens with one attached hydrogen (secondary N) is 2. The molecule has 2 aromatic rings. The van der Waals surface area contributed by atoms with Crippen molar-refractivity contribution in [1.82, 2.24) is 9.97 Å². The molecule has 2 rings (SSSR count). The minimum absolute atomic E-state index is 0.439. The number of fused-ring (bicyclic) bond motifs is 1. The predicted octanol–water partition coefficient (Wildman–Crippen LogP) is 1.74. The fourth-order valence-corrected chi connectivity index (χ4v) is 1.24. The summed E-state index contributed by atoms with van der Waals surface area (Å²) in [5.74, 6) is -0.468. The molecule has 2 aromatic heterocycles. The number of anilines is 1. The summed E-state index contributed by atoms with van der Waals surface area (Å²) < 4.78 is 13.0. The Bertz CT molecular complexity index is 408. The maximum Gasteiger partial charge on any atom is 0.236 e. The van der Waals surface area contributed by atoms with Crippen LogP contribution in [0, 0.1) is 5.95 Å². The second kappa shape index (κ2) is 2.48. The lowest BCUT2D eigenvalue weighted by Crippen LogP contribution is -1.95. The number of halogens is 1. The standard InChI is InChI=1S/C8H8FN3/c1-10-7-5-2-3-11-6(5)4-12-8(7)9/h2-4,10-11H,1H3. The van der Waals surface area contributed by atoms with Crippen molar-refractivity contribution in [3.8, 4) is 0 Å². The Balaban J connectivity index is 2.83. The zero-order valence-electron chi connectivity index (χ0n) is 6.56. The van der Waals surface area contributed by atoms with E-state index in [4.69, 9.17) is 0 Å². The van der Waals surface area contributed by atoms with E-state index in [1.807, 2.05) is 6.07 Å². The monoisotopic (exact) mass is 165 g/mol. The largest absolute Gasteiger partial charge is 0.384 e. The normalized spacial score (nSPS) is 10.5. The van der Waals surface area contributed by atoms with Gasteiger partial charge in [-0.2, -0.15) is 4.39 Å². The highest BCUT2D eigenvalue weighted by atomic mass is 19.1. The van der Waals surface area contributed by atoms with Crippen LogP contribution in [0.3, 0.4) is 0 Å². The molecule has 62 valence electrons. The third-order valence-corrected chi connectivity index (χ3v) is 1.81. The van der Waals surface area contributed by atoms with E-state index < -0.39 is 5.95 Å². The van der Waals surface area contributed by atoms with E-state index in [0.29, 0.717) is 5.69 Å². The van der Waals surface area contributed by atoms with Crippen molar-refractivity contribution in [2.75, 3.05) is 12.4 Å². The third-order valence-electron chi connectivity index (χ3n) is 1.81. The molecule has 0 amide bonds. The molecule has 0 unspecified atom stereocenters. The lowest BCUT2D eigenvalue weighted by Gasteiger charge is -2.01. The Morgan fingerprint density at radius 2 is 2.42 bits per heavy atom. The average Bonchev–Trinajstić information content (AvgIpc) is 2.52. The fourth-order valence-electron chi connectivity index (χ4n) is 1.24. The van der Waals surface area contributed by atoms with Gasteiger partial charge in [0, 0.05) is 18.6 Å². The molecule has 0 aliphatic rings. The lowest BCUT2D eigenvalue weighted by atomic mass is 10.3. The van der Waals surface area contributed by atoms with E-state index in [9.17, 15) is 4.39 Å². The van der Waals surface area contributed by atoms with Crippen molar-refractivity contribution >= 4 is 16.6 Å². The quantitative estimate of drug-likeness (QED) is 0.632. The number of aromatic amines is 1. The molecule has 3 nitrogen and oxygen atoms in total. The minimum atomic E-state index is -0.468. The summed E-state index contributed by atoms with van der Waals surface area (Å²) in [5, 5.41) is 3.59. The van der Waals surface area contributed by atoms with Crippen LogP contribution < -0.4 is 5.32 Å². The van der Waals surface area contributed by atoms with Gasteiger partial charge in [-0.1, -0.05) is 0 Å². The van der Waals surface area contributed by atoms with E-state index in [-0.39, 0.29) is 0 Å². The van der Waals surface area contributed by atoms with Crippen LogP contribution in [0.5, 0.6) is 0 Å². The zero-order chi connectivity index (χ0) is 8.55. The minimum Gasteiger partial charge on any atom is -0.384 e. The van der Waals surface area contributed by atoms with Gasteiger partial charge in [0.25, 0.3) is 0 Å². The van der Waals surface area contributed by atoms with Crippen LogP contribution in [0.4, 0.5) is 10.1 Å². The van der Waals surface area contributed by atoms with Gasteiger partial charge in [-0.3, -0.25) is 0 Å². The number of H-pyrrole nitrogens is 1. The predicted molar refractivity (Wildman–Crippen MR) is 45.6 cm³/mol. The van der Waals surface area contributed by atoms with Gasteiger partial charge < -0.3 is 10.3 Å². The highest BCUT2D eigenvalue weighted by Gasteiger charge is 2.06. The van der Waals surface area contributed by atoms with Gasteiger partial charge in [0.05, 0.1) is 17.4 Å². The van der Waals surface area contributed by atoms with Gasteiger partial charge in [0.1, 0.15) is 0 Å². The lowest BCUT2D eigenvalue weighted by molar-refractivity contribution is 0.590. The van der Waals surface area contributed by atoms with Gasteiger partial charge >= 0.3 is 0 Å². The SMILES string of the molecule is CNc1c(F)ncc2[nH]ccc12. The Kier molecular flexibility index (Phi) is 1.46. The molecule has 0 bridgehead atoms. The topological polar surface area (TPSA) is 40.7 Å². The molecule has 0 fully saturated rings. The molecule has 0 atom stereocenters. The van der Waals surface area contributed by atoms with Crippen LogP contribution in [0.25, 0.3) is 10.9 Å². The molecule has 0 saturated carbocycles. The zero-order valence-corrected chi connectivity index (χ0v) is 6.56. The fraction of sp³-hybridized carbons (Fsp3) is 0.125. The van der Waals surface area contributed by atoms with Crippen molar-refractivity contribution in [3.63, 3.8) is 0 Å². The van der Waals surface area contributed by atoms with Crippen molar-refractivity contribution in [3.05, 3.63) is 24.4 Å². The summed E-state index contributed by atoms with van der Waals surface area (Å²) in [7, 11) is 1.67. The first-order chi connectivity index (χ1) is 5.83. The number of hydrogen-bond donors (Lipinski definition) is 2. The molecule has 0 aliphatic heterocycles. The van der Waals surface area contributed by atoms with E-state index in [2.05, 4.69) is 15.3 Å². The van der Waals surface area contributed by atoms with Crippen molar-refractivity contribution in [1.29, 1.82) is 0 Å². The van der Waals surface area contributed by atoms with Gasteiger partial charge in [-0.05, 0) is 6.07 Å². The number of pyridine rings is 1. The third kappa shape index (κ3) is 0.845. The highest BCUT2D eigenvalue weighted by Crippen LogP contribution is 2.22. The van der Waals surface area contributed by atoms with Gasteiger partial charge in [-0.15, -0.1) is 0 Å². The summed E-state index contributed by atoms with van der Waals surface area (Å²) in [4.78, 5) is 6.54. The Hall–Kier alpha value is -1.58. The molecule has 12 heavy (non-hydrogen) atoms. The van der Waals surface area contributed by atoms with Crippen molar-refractivity contribution in [2.45, 2.75) is 0 Å². The van der Waals surface area contributed by atoms with Gasteiger partial charge in [0.2, 0.25) is 5.95 Å². The molecular formula is C8H8FN3. The van der Waals surface area contributed by atoms with Gasteiger partial charge in [-0.25, -0.2) is 4.98 Å². The molecule has 0 radical (unpaired) electrons. The first-order valence-corrected chi connectivity index (χ1v) is 3.62. The second-order valence-electron chi connectivity index (χ2n) is 2.48. The van der Waals surface area contributed by atoms with Crippen LogP contribution in [0.15, 0.2) is 18.5 Å². The summed E-state index contributed by atoms with van der Waals surface area (Å²) in [6.07, 6.45) is 3.23. The molecule has 2 heterocycles. The van der Waals surface area contributed by atoms with E-state index in [0.717, 1.165) is 10.9 Å². The number of nitrogens with zero attached hydrogens (tertiary/aromatic N) is 1. The summed E-state index contributed by atoms with van der Waals surface area (Å²) >= 11 is 0.